The molecule has 11 heteroatoms. The maximum Gasteiger partial charge on any atom is 0.356 e. The number of carbonyl (C=O) groups is 4. The fourth-order valence-corrected chi connectivity index (χ4v) is 6.01. The van der Waals surface area contributed by atoms with Crippen molar-refractivity contribution in [2.45, 2.75) is 49.6 Å². The Hall–Kier alpha value is -3.41. The van der Waals surface area contributed by atoms with Crippen molar-refractivity contribution >= 4 is 35.3 Å². The number of thioether (sulfide) groups is 1. The first-order chi connectivity index (χ1) is 18.3. The molecule has 0 aliphatic carbocycles. The molecule has 10 nitrogen and oxygen atoms in total. The van der Waals surface area contributed by atoms with Gasteiger partial charge < -0.3 is 24.6 Å². The number of methoxy groups -OCH3 is 1. The van der Waals surface area contributed by atoms with Crippen LogP contribution in [0.2, 0.25) is 0 Å². The highest BCUT2D eigenvalue weighted by atomic mass is 32.2. The number of benzene rings is 2. The van der Waals surface area contributed by atoms with E-state index in [0.717, 1.165) is 23.1 Å². The van der Waals surface area contributed by atoms with Gasteiger partial charge in [-0.15, -0.1) is 11.8 Å². The molecule has 4 rings (SSSR count). The Morgan fingerprint density at radius 1 is 1.18 bits per heavy atom. The molecule has 2 aromatic rings. The second-order valence-corrected chi connectivity index (χ2v) is 10.1. The number of aliphatic hydroxyl groups is 1. The van der Waals surface area contributed by atoms with E-state index in [4.69, 9.17) is 14.2 Å². The Morgan fingerprint density at radius 3 is 2.50 bits per heavy atom. The van der Waals surface area contributed by atoms with E-state index in [1.54, 1.807) is 54.6 Å². The maximum absolute atomic E-state index is 13.6. The van der Waals surface area contributed by atoms with E-state index < -0.39 is 41.0 Å². The van der Waals surface area contributed by atoms with Gasteiger partial charge in [-0.05, 0) is 36.1 Å². The average Bonchev–Trinajstić information content (AvgIpc) is 3.48. The largest absolute Gasteiger partial charge is 0.497 e. The maximum atomic E-state index is 13.6. The molecule has 202 valence electrons. The fraction of sp³-hybridized carbons (Fsp3) is 0.407. The minimum Gasteiger partial charge on any atom is -0.497 e. The first kappa shape index (κ1) is 27.6. The molecule has 0 aromatic heterocycles. The lowest BCUT2D eigenvalue weighted by molar-refractivity contribution is -0.191. The van der Waals surface area contributed by atoms with Crippen molar-refractivity contribution < 1.29 is 38.5 Å². The van der Waals surface area contributed by atoms with Crippen molar-refractivity contribution in [3.63, 3.8) is 0 Å². The standard InChI is InChI=1S/C27H30N2O8S/c1-17(30)28-27(19-7-4-3-5-8-19)25(34)29(26(27)38-16-21(31)22-9-6-14-36-22)23(32)24(33)37-15-18-10-12-20(35-2)13-11-18/h3-5,7-8,10-13,22-23,26,32H,6,9,14-16H2,1-2H3,(H,28,30)/t22-,23?,26+,27+/m0/s1. The van der Waals surface area contributed by atoms with Gasteiger partial charge >= 0.3 is 5.97 Å². The minimum atomic E-state index is -1.94. The van der Waals surface area contributed by atoms with Crippen molar-refractivity contribution in [3.05, 3.63) is 65.7 Å². The number of ketones is 1. The topological polar surface area (TPSA) is 131 Å². The van der Waals surface area contributed by atoms with Crippen LogP contribution in [-0.4, -0.2) is 70.7 Å². The van der Waals surface area contributed by atoms with Gasteiger partial charge in [0.1, 0.15) is 23.8 Å². The summed E-state index contributed by atoms with van der Waals surface area (Å²) in [5, 5.41) is 12.7. The number of nitrogens with zero attached hydrogens (tertiary/aromatic N) is 1. The summed E-state index contributed by atoms with van der Waals surface area (Å²) in [7, 11) is 1.54. The summed E-state index contributed by atoms with van der Waals surface area (Å²) < 4.78 is 15.9. The van der Waals surface area contributed by atoms with E-state index in [0.29, 0.717) is 29.9 Å². The van der Waals surface area contributed by atoms with Crippen LogP contribution in [0, 0.1) is 0 Å². The predicted molar refractivity (Wildman–Crippen MR) is 138 cm³/mol. The molecule has 0 saturated carbocycles. The van der Waals surface area contributed by atoms with Gasteiger partial charge in [0.25, 0.3) is 5.91 Å². The van der Waals surface area contributed by atoms with Gasteiger partial charge in [0.05, 0.1) is 12.9 Å². The first-order valence-electron chi connectivity index (χ1n) is 12.2. The number of hydrogen-bond donors (Lipinski definition) is 2. The molecule has 2 N–H and O–H groups in total. The van der Waals surface area contributed by atoms with Crippen molar-refractivity contribution in [1.29, 1.82) is 0 Å². The number of carbonyl (C=O) groups excluding carboxylic acids is 4. The molecule has 4 atom stereocenters. The summed E-state index contributed by atoms with van der Waals surface area (Å²) in [4.78, 5) is 52.4. The van der Waals surface area contributed by atoms with Crippen LogP contribution < -0.4 is 10.1 Å². The van der Waals surface area contributed by atoms with Crippen molar-refractivity contribution in [1.82, 2.24) is 10.2 Å². The number of nitrogens with one attached hydrogen (secondary N) is 1. The summed E-state index contributed by atoms with van der Waals surface area (Å²) >= 11 is 1.06. The zero-order valence-corrected chi connectivity index (χ0v) is 21.9. The number of ether oxygens (including phenoxy) is 3. The van der Waals surface area contributed by atoms with Crippen LogP contribution in [-0.2, 0) is 40.8 Å². The van der Waals surface area contributed by atoms with Crippen LogP contribution in [0.4, 0.5) is 0 Å². The highest BCUT2D eigenvalue weighted by molar-refractivity contribution is 8.00. The molecule has 2 amide bonds. The number of likely N-dealkylation sites (tertiary alicyclic amines) is 1. The van der Waals surface area contributed by atoms with Crippen LogP contribution in [0.15, 0.2) is 54.6 Å². The molecule has 0 radical (unpaired) electrons. The lowest BCUT2D eigenvalue weighted by Gasteiger charge is -2.56. The van der Waals surface area contributed by atoms with E-state index in [9.17, 15) is 24.3 Å². The van der Waals surface area contributed by atoms with Gasteiger partial charge in [0.15, 0.2) is 11.3 Å². The monoisotopic (exact) mass is 542 g/mol. The zero-order valence-electron chi connectivity index (χ0n) is 21.1. The molecule has 0 bridgehead atoms. The molecule has 2 aromatic carbocycles. The van der Waals surface area contributed by atoms with E-state index in [-0.39, 0.29) is 18.1 Å². The Kier molecular flexibility index (Phi) is 8.70. The van der Waals surface area contributed by atoms with Crippen LogP contribution >= 0.6 is 11.8 Å². The van der Waals surface area contributed by atoms with Gasteiger partial charge in [-0.3, -0.25) is 19.3 Å². The summed E-state index contributed by atoms with van der Waals surface area (Å²) in [5.74, 6) is -1.76. The number of esters is 1. The molecule has 2 heterocycles. The second kappa shape index (κ2) is 12.0. The normalized spacial score (nSPS) is 23.3. The van der Waals surface area contributed by atoms with E-state index in [1.807, 2.05) is 0 Å². The number of hydrogen-bond acceptors (Lipinski definition) is 9. The smallest absolute Gasteiger partial charge is 0.356 e. The lowest BCUT2D eigenvalue weighted by Crippen LogP contribution is -2.79. The SMILES string of the molecule is COc1ccc(COC(=O)C(O)N2C(=O)[C@](NC(C)=O)(c3ccccc3)[C@H]2SCC(=O)[C@@H]2CCCO2)cc1. The molecule has 2 aliphatic rings. The average molecular weight is 543 g/mol. The Bertz CT molecular complexity index is 1170. The molecular formula is C27H30N2O8S. The van der Waals surface area contributed by atoms with E-state index in [1.165, 1.54) is 14.0 Å². The van der Waals surface area contributed by atoms with Gasteiger partial charge in [-0.25, -0.2) is 4.79 Å². The van der Waals surface area contributed by atoms with Crippen LogP contribution in [0.1, 0.15) is 30.9 Å². The molecular weight excluding hydrogens is 512 g/mol. The second-order valence-electron chi connectivity index (χ2n) is 9.03. The summed E-state index contributed by atoms with van der Waals surface area (Å²) in [5.41, 5.74) is -0.449. The first-order valence-corrected chi connectivity index (χ1v) is 13.2. The third-order valence-corrected chi connectivity index (χ3v) is 7.83. The quantitative estimate of drug-likeness (QED) is 0.322. The van der Waals surface area contributed by atoms with Gasteiger partial charge in [0.2, 0.25) is 12.1 Å². The third kappa shape index (κ3) is 5.54. The highest BCUT2D eigenvalue weighted by Gasteiger charge is 2.65. The molecule has 38 heavy (non-hydrogen) atoms. The number of amides is 2. The molecule has 2 fully saturated rings. The van der Waals surface area contributed by atoms with Gasteiger partial charge in [-0.1, -0.05) is 42.5 Å². The molecule has 2 aliphatic heterocycles. The molecule has 1 unspecified atom stereocenters. The van der Waals surface area contributed by atoms with Crippen LogP contribution in [0.25, 0.3) is 0 Å². The van der Waals surface area contributed by atoms with Gasteiger partial charge in [-0.2, -0.15) is 0 Å². The summed E-state index contributed by atoms with van der Waals surface area (Å²) in [6.07, 6.45) is -1.07. The summed E-state index contributed by atoms with van der Waals surface area (Å²) in [6, 6.07) is 15.4. The van der Waals surface area contributed by atoms with Crippen molar-refractivity contribution in [2.24, 2.45) is 0 Å². The van der Waals surface area contributed by atoms with E-state index in [2.05, 4.69) is 5.32 Å². The number of Topliss-reactive ketones (excluding diaryl/α,β-unsaturated/α-hetero) is 1. The Morgan fingerprint density at radius 2 is 1.89 bits per heavy atom. The number of aliphatic hydroxyl groups excluding tert-OH is 1. The predicted octanol–water partition coefficient (Wildman–Crippen LogP) is 1.74. The molecule has 2 saturated heterocycles. The number of rotatable bonds is 11. The van der Waals surface area contributed by atoms with Crippen LogP contribution in [0.5, 0.6) is 5.75 Å². The highest BCUT2D eigenvalue weighted by Crippen LogP contribution is 2.47. The van der Waals surface area contributed by atoms with Crippen LogP contribution in [0.3, 0.4) is 0 Å². The minimum absolute atomic E-state index is 0.0408. The lowest BCUT2D eigenvalue weighted by atomic mass is 9.80. The van der Waals surface area contributed by atoms with Crippen molar-refractivity contribution in [3.8, 4) is 5.75 Å². The Labute approximate surface area is 224 Å². The van der Waals surface area contributed by atoms with Gasteiger partial charge in [0, 0.05) is 13.5 Å². The van der Waals surface area contributed by atoms with E-state index >= 15 is 0 Å². The fourth-order valence-electron chi connectivity index (χ4n) is 4.58. The zero-order chi connectivity index (χ0) is 27.3. The third-order valence-electron chi connectivity index (χ3n) is 6.48. The Balaban J connectivity index is 1.55. The molecule has 0 spiro atoms. The number of β-lactam (4-membered cyclic amide) rings is 1. The van der Waals surface area contributed by atoms with Crippen molar-refractivity contribution in [2.75, 3.05) is 19.5 Å². The summed E-state index contributed by atoms with van der Waals surface area (Å²) in [6.45, 7) is 1.65.